The second-order valence-electron chi connectivity index (χ2n) is 4.11. The third-order valence-electron chi connectivity index (χ3n) is 2.65. The van der Waals surface area contributed by atoms with Crippen molar-refractivity contribution in [1.29, 1.82) is 0 Å². The second kappa shape index (κ2) is 7.78. The van der Waals surface area contributed by atoms with E-state index in [4.69, 9.17) is 9.94 Å². The molecule has 1 fully saturated rings. The Hall–Kier alpha value is -1.57. The highest BCUT2D eigenvalue weighted by Crippen LogP contribution is 2.20. The largest absolute Gasteiger partial charge is 0.387 e. The molecule has 0 aromatic rings. The molecule has 0 bridgehead atoms. The molecule has 4 N–H and O–H groups in total. The maximum atomic E-state index is 11.1. The zero-order valence-electron chi connectivity index (χ0n) is 10.6. The quantitative estimate of drug-likeness (QED) is 0.232. The van der Waals surface area contributed by atoms with E-state index in [0.29, 0.717) is 0 Å². The van der Waals surface area contributed by atoms with Crippen LogP contribution in [0.2, 0.25) is 0 Å². The number of amides is 1. The van der Waals surface area contributed by atoms with Gasteiger partial charge in [-0.25, -0.2) is 5.48 Å². The van der Waals surface area contributed by atoms with Crippen molar-refractivity contribution in [3.05, 3.63) is 0 Å². The first-order chi connectivity index (χ1) is 9.11. The van der Waals surface area contributed by atoms with Crippen LogP contribution in [0.5, 0.6) is 0 Å². The third-order valence-corrected chi connectivity index (χ3v) is 2.65. The maximum absolute atomic E-state index is 11.1. The van der Waals surface area contributed by atoms with E-state index in [2.05, 4.69) is 30.6 Å². The number of unbranched alkanes of at least 4 members (excludes halogenated alkanes) is 2. The van der Waals surface area contributed by atoms with Crippen molar-refractivity contribution >= 4 is 5.91 Å². The fourth-order valence-electron chi connectivity index (χ4n) is 1.56. The highest BCUT2D eigenvalue weighted by molar-refractivity contribution is 5.80. The van der Waals surface area contributed by atoms with Gasteiger partial charge >= 0.3 is 0 Å². The molecule has 104 valence electrons. The highest BCUT2D eigenvalue weighted by atomic mass is 16.6. The number of aliphatic hydroxyl groups excluding tert-OH is 2. The van der Waals surface area contributed by atoms with Crippen molar-refractivity contribution in [2.45, 2.75) is 50.6 Å². The summed E-state index contributed by atoms with van der Waals surface area (Å²) >= 11 is 0. The number of hydrogen-bond acceptors (Lipinski definition) is 5. The van der Waals surface area contributed by atoms with Crippen molar-refractivity contribution in [2.75, 3.05) is 0 Å². The Bertz CT molecular complexity index is 428. The molecule has 1 aliphatic heterocycles. The van der Waals surface area contributed by atoms with E-state index in [0.717, 1.165) is 19.3 Å². The number of carbonyl (C=O) groups excluding carboxylic acids is 1. The molecule has 1 rings (SSSR count). The van der Waals surface area contributed by atoms with Crippen molar-refractivity contribution < 1.29 is 25.0 Å². The van der Waals surface area contributed by atoms with Gasteiger partial charge in [-0.1, -0.05) is 25.2 Å². The molecule has 6 heteroatoms. The van der Waals surface area contributed by atoms with Crippen LogP contribution in [-0.2, 0) is 9.53 Å². The SMILES string of the molecule is CCCCC#CC#C[C@H]1O[C@H](C(=O)NO)[C@H](O)[C@@H]1O. The molecule has 1 aliphatic rings. The summed E-state index contributed by atoms with van der Waals surface area (Å²) in [6.07, 6.45) is -2.29. The van der Waals surface area contributed by atoms with E-state index in [9.17, 15) is 15.0 Å². The summed E-state index contributed by atoms with van der Waals surface area (Å²) in [4.78, 5) is 11.1. The van der Waals surface area contributed by atoms with Crippen LogP contribution in [-0.4, -0.2) is 45.7 Å². The van der Waals surface area contributed by atoms with Crippen LogP contribution in [0.15, 0.2) is 0 Å². The van der Waals surface area contributed by atoms with Crippen molar-refractivity contribution in [2.24, 2.45) is 0 Å². The number of nitrogens with one attached hydrogen (secondary N) is 1. The summed E-state index contributed by atoms with van der Waals surface area (Å²) in [6, 6.07) is 0. The van der Waals surface area contributed by atoms with Gasteiger partial charge in [0.05, 0.1) is 0 Å². The van der Waals surface area contributed by atoms with Crippen LogP contribution in [0.3, 0.4) is 0 Å². The zero-order valence-corrected chi connectivity index (χ0v) is 10.6. The van der Waals surface area contributed by atoms with Crippen LogP contribution in [0.1, 0.15) is 26.2 Å². The first-order valence-corrected chi connectivity index (χ1v) is 6.05. The van der Waals surface area contributed by atoms with Crippen molar-refractivity contribution in [3.63, 3.8) is 0 Å². The summed E-state index contributed by atoms with van der Waals surface area (Å²) in [5.41, 5.74) is 1.36. The van der Waals surface area contributed by atoms with Crippen LogP contribution in [0, 0.1) is 23.7 Å². The predicted molar refractivity (Wildman–Crippen MR) is 65.7 cm³/mol. The Kier molecular flexibility index (Phi) is 6.34. The van der Waals surface area contributed by atoms with Crippen LogP contribution in [0.25, 0.3) is 0 Å². The second-order valence-corrected chi connectivity index (χ2v) is 4.11. The summed E-state index contributed by atoms with van der Waals surface area (Å²) in [6.45, 7) is 2.06. The summed E-state index contributed by atoms with van der Waals surface area (Å²) in [5.74, 6) is 9.56. The molecule has 4 atom stereocenters. The highest BCUT2D eigenvalue weighted by Gasteiger charge is 2.45. The van der Waals surface area contributed by atoms with E-state index in [1.807, 2.05) is 0 Å². The minimum absolute atomic E-state index is 0.747. The molecule has 0 aromatic heterocycles. The summed E-state index contributed by atoms with van der Waals surface area (Å²) in [5, 5.41) is 27.6. The average Bonchev–Trinajstić information content (AvgIpc) is 2.70. The number of hydroxylamine groups is 1. The fourth-order valence-corrected chi connectivity index (χ4v) is 1.56. The minimum Gasteiger partial charge on any atom is -0.387 e. The van der Waals surface area contributed by atoms with E-state index in [1.165, 1.54) is 5.48 Å². The minimum atomic E-state index is -1.43. The van der Waals surface area contributed by atoms with Gasteiger partial charge in [-0.3, -0.25) is 10.0 Å². The van der Waals surface area contributed by atoms with Crippen molar-refractivity contribution in [3.8, 4) is 23.7 Å². The number of aliphatic hydroxyl groups is 2. The average molecular weight is 267 g/mol. The Balaban J connectivity index is 2.58. The number of ether oxygens (including phenoxy) is 1. The molecule has 0 radical (unpaired) electrons. The lowest BCUT2D eigenvalue weighted by molar-refractivity contribution is -0.143. The molecular weight excluding hydrogens is 250 g/mol. The van der Waals surface area contributed by atoms with E-state index in [1.54, 1.807) is 0 Å². The van der Waals surface area contributed by atoms with Crippen LogP contribution < -0.4 is 5.48 Å². The number of hydrogen-bond donors (Lipinski definition) is 4. The zero-order chi connectivity index (χ0) is 14.3. The maximum Gasteiger partial charge on any atom is 0.275 e. The first-order valence-electron chi connectivity index (χ1n) is 6.05. The standard InChI is InChI=1S/C13H17NO5/c1-2-3-4-5-6-7-8-9-10(15)11(16)12(19-9)13(17)14-18/h9-12,15-16,18H,2-4H2,1H3,(H,14,17)/t9-,10-,11-,12+/m1/s1. The normalized spacial score (nSPS) is 28.8. The smallest absolute Gasteiger partial charge is 0.275 e. The Morgan fingerprint density at radius 3 is 2.68 bits per heavy atom. The van der Waals surface area contributed by atoms with Gasteiger partial charge in [-0.05, 0) is 18.3 Å². The van der Waals surface area contributed by atoms with E-state index >= 15 is 0 Å². The van der Waals surface area contributed by atoms with Gasteiger partial charge in [-0.15, -0.1) is 0 Å². The van der Waals surface area contributed by atoms with Crippen LogP contribution in [0.4, 0.5) is 0 Å². The fraction of sp³-hybridized carbons (Fsp3) is 0.615. The molecule has 19 heavy (non-hydrogen) atoms. The molecule has 6 nitrogen and oxygen atoms in total. The third kappa shape index (κ3) is 4.23. The lowest BCUT2D eigenvalue weighted by atomic mass is 10.1. The molecule has 0 spiro atoms. The van der Waals surface area contributed by atoms with Gasteiger partial charge in [0.15, 0.2) is 6.10 Å². The monoisotopic (exact) mass is 267 g/mol. The molecule has 0 unspecified atom stereocenters. The Morgan fingerprint density at radius 2 is 2.05 bits per heavy atom. The van der Waals surface area contributed by atoms with Gasteiger partial charge in [-0.2, -0.15) is 0 Å². The molecular formula is C13H17NO5. The van der Waals surface area contributed by atoms with E-state index < -0.39 is 30.3 Å². The predicted octanol–water partition coefficient (Wildman–Crippen LogP) is -0.822. The van der Waals surface area contributed by atoms with Crippen LogP contribution >= 0.6 is 0 Å². The lowest BCUT2D eigenvalue weighted by Crippen LogP contribution is -2.41. The van der Waals surface area contributed by atoms with Gasteiger partial charge < -0.3 is 14.9 Å². The summed E-state index contributed by atoms with van der Waals surface area (Å²) < 4.78 is 5.05. The number of carbonyl (C=O) groups is 1. The first kappa shape index (κ1) is 15.5. The molecule has 0 aliphatic carbocycles. The molecule has 1 saturated heterocycles. The van der Waals surface area contributed by atoms with Gasteiger partial charge in [0, 0.05) is 6.42 Å². The Morgan fingerprint density at radius 1 is 1.32 bits per heavy atom. The van der Waals surface area contributed by atoms with E-state index in [-0.39, 0.29) is 0 Å². The molecule has 0 aromatic carbocycles. The van der Waals surface area contributed by atoms with Gasteiger partial charge in [0.1, 0.15) is 18.3 Å². The topological polar surface area (TPSA) is 99.0 Å². The molecule has 0 saturated carbocycles. The number of rotatable bonds is 3. The van der Waals surface area contributed by atoms with Gasteiger partial charge in [0.2, 0.25) is 0 Å². The lowest BCUT2D eigenvalue weighted by Gasteiger charge is -2.11. The Labute approximate surface area is 111 Å². The molecule has 1 heterocycles. The molecule has 1 amide bonds. The van der Waals surface area contributed by atoms with Crippen molar-refractivity contribution in [1.82, 2.24) is 5.48 Å². The van der Waals surface area contributed by atoms with Gasteiger partial charge in [0.25, 0.3) is 5.91 Å². The summed E-state index contributed by atoms with van der Waals surface area (Å²) in [7, 11) is 0.